The average Bonchev–Trinajstić information content (AvgIpc) is 2.73. The van der Waals surface area contributed by atoms with E-state index in [1.165, 1.54) is 6.07 Å². The van der Waals surface area contributed by atoms with E-state index in [1.807, 2.05) is 30.3 Å². The van der Waals surface area contributed by atoms with E-state index in [9.17, 15) is 13.2 Å². The van der Waals surface area contributed by atoms with Crippen molar-refractivity contribution in [2.24, 2.45) is 5.92 Å². The van der Waals surface area contributed by atoms with Crippen LogP contribution in [0.15, 0.2) is 48.5 Å². The van der Waals surface area contributed by atoms with Crippen molar-refractivity contribution in [1.82, 2.24) is 9.97 Å². The summed E-state index contributed by atoms with van der Waals surface area (Å²) in [6.07, 6.45) is -2.03. The maximum absolute atomic E-state index is 13.7. The fraction of sp³-hybridized carbons (Fsp3) is 0.304. The molecule has 4 N–H and O–H groups in total. The number of benzene rings is 2. The molecule has 1 heterocycles. The SMILES string of the molecule is Nc1nc(N)c2c(n1)CCC(Cc1cccc(C(F)(F)F)c1OCc1ccccc1)C2. The lowest BCUT2D eigenvalue weighted by molar-refractivity contribution is -0.139. The second kappa shape index (κ2) is 8.45. The van der Waals surface area contributed by atoms with Gasteiger partial charge in [-0.25, -0.2) is 4.98 Å². The van der Waals surface area contributed by atoms with E-state index >= 15 is 0 Å². The fourth-order valence-corrected chi connectivity index (χ4v) is 4.08. The molecule has 0 fully saturated rings. The van der Waals surface area contributed by atoms with Gasteiger partial charge in [0.15, 0.2) is 0 Å². The number of aryl methyl sites for hydroxylation is 1. The summed E-state index contributed by atoms with van der Waals surface area (Å²) in [5.41, 5.74) is 13.9. The summed E-state index contributed by atoms with van der Waals surface area (Å²) < 4.78 is 46.8. The molecule has 0 saturated heterocycles. The number of alkyl halides is 3. The first-order chi connectivity index (χ1) is 14.8. The number of hydrogen-bond donors (Lipinski definition) is 2. The topological polar surface area (TPSA) is 87.0 Å². The zero-order valence-corrected chi connectivity index (χ0v) is 16.8. The number of halogens is 3. The van der Waals surface area contributed by atoms with Gasteiger partial charge in [0.05, 0.1) is 11.3 Å². The van der Waals surface area contributed by atoms with Gasteiger partial charge in [0, 0.05) is 5.56 Å². The molecule has 0 saturated carbocycles. The molecule has 0 radical (unpaired) electrons. The molecule has 4 rings (SSSR count). The van der Waals surface area contributed by atoms with Gasteiger partial charge in [-0.15, -0.1) is 0 Å². The molecule has 0 bridgehead atoms. The summed E-state index contributed by atoms with van der Waals surface area (Å²) >= 11 is 0. The minimum Gasteiger partial charge on any atom is -0.488 e. The van der Waals surface area contributed by atoms with Gasteiger partial charge in [-0.2, -0.15) is 18.2 Å². The molecule has 31 heavy (non-hydrogen) atoms. The van der Waals surface area contributed by atoms with Gasteiger partial charge in [-0.05, 0) is 48.8 Å². The monoisotopic (exact) mass is 428 g/mol. The van der Waals surface area contributed by atoms with E-state index in [4.69, 9.17) is 16.2 Å². The first-order valence-electron chi connectivity index (χ1n) is 10.1. The van der Waals surface area contributed by atoms with Crippen molar-refractivity contribution in [3.63, 3.8) is 0 Å². The Kier molecular flexibility index (Phi) is 5.71. The zero-order valence-electron chi connectivity index (χ0n) is 16.8. The maximum atomic E-state index is 13.7. The van der Waals surface area contributed by atoms with Crippen LogP contribution in [-0.2, 0) is 32.0 Å². The quantitative estimate of drug-likeness (QED) is 0.621. The van der Waals surface area contributed by atoms with E-state index < -0.39 is 11.7 Å². The predicted octanol–water partition coefficient (Wildman–Crippen LogP) is 4.59. The summed E-state index contributed by atoms with van der Waals surface area (Å²) in [5.74, 6) is 0.483. The molecule has 3 aromatic rings. The van der Waals surface area contributed by atoms with Gasteiger partial charge in [0.2, 0.25) is 5.95 Å². The largest absolute Gasteiger partial charge is 0.488 e. The smallest absolute Gasteiger partial charge is 0.419 e. The molecular formula is C23H23F3N4O. The van der Waals surface area contributed by atoms with E-state index in [0.29, 0.717) is 30.6 Å². The standard InChI is InChI=1S/C23H23F3N4O/c24-23(25,26)18-8-4-7-16(20(18)31-13-14-5-2-1-3-6-14)11-15-9-10-19-17(12-15)21(27)30-22(28)29-19/h1-8,15H,9-13H2,(H4,27,28,29,30). The summed E-state index contributed by atoms with van der Waals surface area (Å²) in [5, 5.41) is 0. The highest BCUT2D eigenvalue weighted by atomic mass is 19.4. The molecule has 0 aliphatic heterocycles. The highest BCUT2D eigenvalue weighted by molar-refractivity contribution is 5.48. The first-order valence-corrected chi connectivity index (χ1v) is 10.1. The number of ether oxygens (including phenoxy) is 1. The Hall–Kier alpha value is -3.29. The Morgan fingerprint density at radius 1 is 1.00 bits per heavy atom. The number of nitrogen functional groups attached to an aromatic ring is 2. The molecule has 0 spiro atoms. The van der Waals surface area contributed by atoms with Crippen LogP contribution in [0.4, 0.5) is 24.9 Å². The number of anilines is 2. The van der Waals surface area contributed by atoms with Gasteiger partial charge in [0.1, 0.15) is 18.2 Å². The Morgan fingerprint density at radius 3 is 2.52 bits per heavy atom. The molecule has 1 aliphatic carbocycles. The maximum Gasteiger partial charge on any atom is 0.419 e. The Morgan fingerprint density at radius 2 is 1.77 bits per heavy atom. The van der Waals surface area contributed by atoms with Crippen LogP contribution in [-0.4, -0.2) is 9.97 Å². The predicted molar refractivity (Wildman–Crippen MR) is 112 cm³/mol. The van der Waals surface area contributed by atoms with Crippen LogP contribution in [0.2, 0.25) is 0 Å². The number of para-hydroxylation sites is 1. The second-order valence-electron chi connectivity index (χ2n) is 7.77. The second-order valence-corrected chi connectivity index (χ2v) is 7.77. The molecule has 2 aromatic carbocycles. The summed E-state index contributed by atoms with van der Waals surface area (Å²) in [7, 11) is 0. The molecule has 8 heteroatoms. The van der Waals surface area contributed by atoms with Gasteiger partial charge in [0.25, 0.3) is 0 Å². The van der Waals surface area contributed by atoms with Crippen molar-refractivity contribution in [1.29, 1.82) is 0 Å². The third-order valence-electron chi connectivity index (χ3n) is 5.56. The van der Waals surface area contributed by atoms with Crippen molar-refractivity contribution in [3.05, 3.63) is 76.5 Å². The lowest BCUT2D eigenvalue weighted by Gasteiger charge is -2.26. The van der Waals surface area contributed by atoms with Gasteiger partial charge >= 0.3 is 6.18 Å². The van der Waals surface area contributed by atoms with Gasteiger partial charge in [-0.3, -0.25) is 0 Å². The number of rotatable bonds is 5. The molecule has 1 aliphatic rings. The van der Waals surface area contributed by atoms with E-state index in [1.54, 1.807) is 6.07 Å². The minimum absolute atomic E-state index is 0.0640. The molecular weight excluding hydrogens is 405 g/mol. The van der Waals surface area contributed by atoms with Crippen molar-refractivity contribution in [2.75, 3.05) is 11.5 Å². The lowest BCUT2D eigenvalue weighted by Crippen LogP contribution is -2.21. The Balaban J connectivity index is 1.60. The number of hydrogen-bond acceptors (Lipinski definition) is 5. The third kappa shape index (κ3) is 4.73. The normalized spacial score (nSPS) is 16.0. The van der Waals surface area contributed by atoms with Gasteiger partial charge in [-0.1, -0.05) is 42.5 Å². The summed E-state index contributed by atoms with van der Waals surface area (Å²) in [6.45, 7) is 0.0640. The zero-order chi connectivity index (χ0) is 22.0. The van der Waals surface area contributed by atoms with Crippen molar-refractivity contribution < 1.29 is 17.9 Å². The number of nitrogens with two attached hydrogens (primary N) is 2. The van der Waals surface area contributed by atoms with Crippen LogP contribution >= 0.6 is 0 Å². The van der Waals surface area contributed by atoms with E-state index in [2.05, 4.69) is 9.97 Å². The molecule has 1 atom stereocenters. The molecule has 1 unspecified atom stereocenters. The van der Waals surface area contributed by atoms with E-state index in [-0.39, 0.29) is 24.2 Å². The highest BCUT2D eigenvalue weighted by Gasteiger charge is 2.36. The third-order valence-corrected chi connectivity index (χ3v) is 5.56. The number of fused-ring (bicyclic) bond motifs is 1. The average molecular weight is 428 g/mol. The van der Waals surface area contributed by atoms with Crippen LogP contribution in [0.25, 0.3) is 0 Å². The van der Waals surface area contributed by atoms with Crippen molar-refractivity contribution in [2.45, 2.75) is 38.5 Å². The van der Waals surface area contributed by atoms with Crippen LogP contribution in [0.1, 0.15) is 34.4 Å². The number of aromatic nitrogens is 2. The minimum atomic E-state index is -4.50. The fourth-order valence-electron chi connectivity index (χ4n) is 4.08. The first kappa shape index (κ1) is 21.0. The van der Waals surface area contributed by atoms with Gasteiger partial charge < -0.3 is 16.2 Å². The van der Waals surface area contributed by atoms with Crippen LogP contribution < -0.4 is 16.2 Å². The molecule has 1 aromatic heterocycles. The van der Waals surface area contributed by atoms with Crippen molar-refractivity contribution in [3.8, 4) is 5.75 Å². The number of nitrogens with zero attached hydrogens (tertiary/aromatic N) is 2. The summed E-state index contributed by atoms with van der Waals surface area (Å²) in [6, 6.07) is 13.3. The highest BCUT2D eigenvalue weighted by Crippen LogP contribution is 2.40. The molecule has 162 valence electrons. The van der Waals surface area contributed by atoms with Crippen LogP contribution in [0.5, 0.6) is 5.75 Å². The van der Waals surface area contributed by atoms with E-state index in [0.717, 1.165) is 29.3 Å². The van der Waals surface area contributed by atoms with Crippen LogP contribution in [0.3, 0.4) is 0 Å². The molecule has 0 amide bonds. The summed E-state index contributed by atoms with van der Waals surface area (Å²) in [4.78, 5) is 8.28. The Labute approximate surface area is 178 Å². The Bertz CT molecular complexity index is 1070. The molecule has 5 nitrogen and oxygen atoms in total. The van der Waals surface area contributed by atoms with Crippen molar-refractivity contribution >= 4 is 11.8 Å². The lowest BCUT2D eigenvalue weighted by atomic mass is 9.82. The van der Waals surface area contributed by atoms with Crippen LogP contribution in [0, 0.1) is 5.92 Å².